The van der Waals surface area contributed by atoms with E-state index in [0.29, 0.717) is 6.42 Å². The molecule has 0 heterocycles. The van der Waals surface area contributed by atoms with E-state index in [1.165, 1.54) is 12.5 Å². The van der Waals surface area contributed by atoms with Crippen molar-refractivity contribution < 1.29 is 9.59 Å². The highest BCUT2D eigenvalue weighted by molar-refractivity contribution is 5.88. The molecule has 0 aliphatic carbocycles. The van der Waals surface area contributed by atoms with E-state index in [1.807, 2.05) is 32.0 Å². The minimum atomic E-state index is -0.0476. The number of hydrogen-bond donors (Lipinski definition) is 1. The van der Waals surface area contributed by atoms with Crippen molar-refractivity contribution in [3.05, 3.63) is 29.8 Å². The molecule has 112 valence electrons. The summed E-state index contributed by atoms with van der Waals surface area (Å²) in [5.41, 5.74) is 2.08. The van der Waals surface area contributed by atoms with E-state index in [2.05, 4.69) is 11.4 Å². The van der Waals surface area contributed by atoms with Crippen LogP contribution in [0.4, 0.5) is 5.69 Å². The van der Waals surface area contributed by atoms with Gasteiger partial charge >= 0.3 is 0 Å². The van der Waals surface area contributed by atoms with Crippen molar-refractivity contribution in [3.63, 3.8) is 0 Å². The van der Waals surface area contributed by atoms with Gasteiger partial charge in [0.15, 0.2) is 0 Å². The van der Waals surface area contributed by atoms with Crippen molar-refractivity contribution in [1.82, 2.24) is 0 Å². The van der Waals surface area contributed by atoms with Gasteiger partial charge < -0.3 is 10.1 Å². The average Bonchev–Trinajstić information content (AvgIpc) is 2.40. The van der Waals surface area contributed by atoms with Gasteiger partial charge in [-0.25, -0.2) is 0 Å². The Bertz CT molecular complexity index is 413. The molecule has 0 aliphatic heterocycles. The lowest BCUT2D eigenvalue weighted by atomic mass is 10.0. The second-order valence-corrected chi connectivity index (χ2v) is 4.64. The summed E-state index contributed by atoms with van der Waals surface area (Å²) in [6.45, 7) is 7.14. The van der Waals surface area contributed by atoms with Crippen LogP contribution in [-0.4, -0.2) is 11.7 Å². The quantitative estimate of drug-likeness (QED) is 0.752. The third-order valence-electron chi connectivity index (χ3n) is 2.74. The van der Waals surface area contributed by atoms with Crippen molar-refractivity contribution in [2.24, 2.45) is 0 Å². The summed E-state index contributed by atoms with van der Waals surface area (Å²) in [5.74, 6) is 0.219. The number of carbonyl (C=O) groups is 2. The first-order valence-electron chi connectivity index (χ1n) is 7.44. The standard InChI is InChI=1S/C15H21NO2.C2H6/c1-12(17)7-4-3-5-8-14-9-6-10-15(11-14)16-13(2)18;1-2/h6,9-11H,3-5,7-8H2,1-2H3,(H,16,18);1-2H3. The van der Waals surface area contributed by atoms with Crippen LogP contribution in [0.2, 0.25) is 0 Å². The molecule has 0 saturated heterocycles. The number of hydrogen-bond acceptors (Lipinski definition) is 2. The van der Waals surface area contributed by atoms with Crippen molar-refractivity contribution in [1.29, 1.82) is 0 Å². The maximum atomic E-state index is 10.9. The summed E-state index contributed by atoms with van der Waals surface area (Å²) < 4.78 is 0. The van der Waals surface area contributed by atoms with Gasteiger partial charge in [0.2, 0.25) is 5.91 Å². The molecule has 1 amide bonds. The molecule has 1 aromatic carbocycles. The number of anilines is 1. The number of ketones is 1. The van der Waals surface area contributed by atoms with Gasteiger partial charge in [0, 0.05) is 19.0 Å². The lowest BCUT2D eigenvalue weighted by Gasteiger charge is -2.05. The lowest BCUT2D eigenvalue weighted by molar-refractivity contribution is -0.117. The molecule has 0 saturated carbocycles. The van der Waals surface area contributed by atoms with Crippen LogP contribution in [-0.2, 0) is 16.0 Å². The Morgan fingerprint density at radius 2 is 1.75 bits per heavy atom. The molecule has 0 atom stereocenters. The Morgan fingerprint density at radius 1 is 1.05 bits per heavy atom. The molecule has 3 nitrogen and oxygen atoms in total. The van der Waals surface area contributed by atoms with Crippen LogP contribution in [0.1, 0.15) is 58.9 Å². The van der Waals surface area contributed by atoms with Crippen molar-refractivity contribution in [3.8, 4) is 0 Å². The van der Waals surface area contributed by atoms with Gasteiger partial charge in [-0.3, -0.25) is 4.79 Å². The summed E-state index contributed by atoms with van der Waals surface area (Å²) in [6, 6.07) is 7.92. The molecule has 0 aromatic heterocycles. The van der Waals surface area contributed by atoms with Crippen LogP contribution >= 0.6 is 0 Å². The Morgan fingerprint density at radius 3 is 2.35 bits per heavy atom. The van der Waals surface area contributed by atoms with Crippen LogP contribution in [0.25, 0.3) is 0 Å². The third kappa shape index (κ3) is 9.31. The van der Waals surface area contributed by atoms with Crippen molar-refractivity contribution >= 4 is 17.4 Å². The monoisotopic (exact) mass is 277 g/mol. The summed E-state index contributed by atoms with van der Waals surface area (Å²) in [6.07, 6.45) is 4.80. The summed E-state index contributed by atoms with van der Waals surface area (Å²) in [7, 11) is 0. The number of benzene rings is 1. The fourth-order valence-corrected chi connectivity index (χ4v) is 1.89. The highest BCUT2D eigenvalue weighted by Gasteiger charge is 1.99. The number of nitrogens with one attached hydrogen (secondary N) is 1. The molecular weight excluding hydrogens is 250 g/mol. The maximum Gasteiger partial charge on any atom is 0.221 e. The second kappa shape index (κ2) is 11.2. The summed E-state index contributed by atoms with van der Waals surface area (Å²) in [5, 5.41) is 2.78. The van der Waals surface area contributed by atoms with E-state index >= 15 is 0 Å². The predicted molar refractivity (Wildman–Crippen MR) is 84.9 cm³/mol. The highest BCUT2D eigenvalue weighted by Crippen LogP contribution is 2.13. The molecule has 0 radical (unpaired) electrons. The number of Topliss-reactive ketones (excluding diaryl/α,β-unsaturated/α-hetero) is 1. The molecule has 0 bridgehead atoms. The first-order valence-corrected chi connectivity index (χ1v) is 7.44. The normalized spacial score (nSPS) is 9.40. The number of amides is 1. The zero-order chi connectivity index (χ0) is 15.4. The first kappa shape index (κ1) is 18.4. The largest absolute Gasteiger partial charge is 0.326 e. The Labute approximate surface area is 122 Å². The summed E-state index contributed by atoms with van der Waals surface area (Å²) in [4.78, 5) is 21.7. The molecule has 0 aliphatic rings. The van der Waals surface area contributed by atoms with Crippen LogP contribution in [0, 0.1) is 0 Å². The first-order chi connectivity index (χ1) is 9.58. The number of rotatable bonds is 7. The smallest absolute Gasteiger partial charge is 0.221 e. The van der Waals surface area contributed by atoms with E-state index in [4.69, 9.17) is 0 Å². The van der Waals surface area contributed by atoms with Crippen molar-refractivity contribution in [2.75, 3.05) is 5.32 Å². The number of aryl methyl sites for hydroxylation is 1. The Kier molecular flexibility index (Phi) is 10.3. The van der Waals surface area contributed by atoms with Crippen LogP contribution in [0.15, 0.2) is 24.3 Å². The van der Waals surface area contributed by atoms with E-state index in [9.17, 15) is 9.59 Å². The zero-order valence-electron chi connectivity index (χ0n) is 13.2. The second-order valence-electron chi connectivity index (χ2n) is 4.64. The molecule has 3 heteroatoms. The fraction of sp³-hybridized carbons (Fsp3) is 0.529. The molecule has 1 rings (SSSR count). The van der Waals surface area contributed by atoms with Crippen LogP contribution < -0.4 is 5.32 Å². The SMILES string of the molecule is CC.CC(=O)CCCCCc1cccc(NC(C)=O)c1. The van der Waals surface area contributed by atoms with Gasteiger partial charge in [0.25, 0.3) is 0 Å². The van der Waals surface area contributed by atoms with Crippen molar-refractivity contribution in [2.45, 2.75) is 59.8 Å². The predicted octanol–water partition coefficient (Wildman–Crippen LogP) is 4.36. The van der Waals surface area contributed by atoms with E-state index in [1.54, 1.807) is 6.92 Å². The number of carbonyl (C=O) groups excluding carboxylic acids is 2. The van der Waals surface area contributed by atoms with Gasteiger partial charge in [0.05, 0.1) is 0 Å². The summed E-state index contributed by atoms with van der Waals surface area (Å²) >= 11 is 0. The lowest BCUT2D eigenvalue weighted by Crippen LogP contribution is -2.05. The third-order valence-corrected chi connectivity index (χ3v) is 2.74. The topological polar surface area (TPSA) is 46.2 Å². The Hall–Kier alpha value is -1.64. The van der Waals surface area contributed by atoms with E-state index in [-0.39, 0.29) is 11.7 Å². The molecule has 1 N–H and O–H groups in total. The van der Waals surface area contributed by atoms with E-state index in [0.717, 1.165) is 31.4 Å². The van der Waals surface area contributed by atoms with Gasteiger partial charge in [-0.05, 0) is 43.9 Å². The molecule has 20 heavy (non-hydrogen) atoms. The van der Waals surface area contributed by atoms with E-state index < -0.39 is 0 Å². The molecule has 0 spiro atoms. The maximum absolute atomic E-state index is 10.9. The van der Waals surface area contributed by atoms with Gasteiger partial charge in [-0.15, -0.1) is 0 Å². The zero-order valence-corrected chi connectivity index (χ0v) is 13.2. The average molecular weight is 277 g/mol. The molecule has 1 aromatic rings. The molecule has 0 unspecified atom stereocenters. The van der Waals surface area contributed by atoms with Crippen LogP contribution in [0.3, 0.4) is 0 Å². The van der Waals surface area contributed by atoms with Gasteiger partial charge in [0.1, 0.15) is 5.78 Å². The Balaban J connectivity index is 0.00000172. The molecule has 0 fully saturated rings. The van der Waals surface area contributed by atoms with Crippen LogP contribution in [0.5, 0.6) is 0 Å². The van der Waals surface area contributed by atoms with Gasteiger partial charge in [-0.2, -0.15) is 0 Å². The molecular formula is C17H27NO2. The minimum absolute atomic E-state index is 0.0476. The minimum Gasteiger partial charge on any atom is -0.326 e. The highest BCUT2D eigenvalue weighted by atomic mass is 16.1. The number of unbranched alkanes of at least 4 members (excludes halogenated alkanes) is 2. The fourth-order valence-electron chi connectivity index (χ4n) is 1.89. The van der Waals surface area contributed by atoms with Gasteiger partial charge in [-0.1, -0.05) is 32.4 Å².